The van der Waals surface area contributed by atoms with E-state index in [4.69, 9.17) is 5.11 Å². The van der Waals surface area contributed by atoms with E-state index in [0.29, 0.717) is 5.69 Å². The van der Waals surface area contributed by atoms with E-state index in [1.165, 1.54) is 17.9 Å². The van der Waals surface area contributed by atoms with E-state index >= 15 is 0 Å². The summed E-state index contributed by atoms with van der Waals surface area (Å²) >= 11 is 0. The molecule has 1 aromatic carbocycles. The molecule has 2 heterocycles. The van der Waals surface area contributed by atoms with Crippen LogP contribution in [0, 0.1) is 0 Å². The van der Waals surface area contributed by atoms with Gasteiger partial charge in [0, 0.05) is 19.4 Å². The molecule has 0 saturated carbocycles. The number of carbonyl (C=O) groups is 2. The van der Waals surface area contributed by atoms with Crippen LogP contribution in [0.3, 0.4) is 0 Å². The van der Waals surface area contributed by atoms with E-state index in [1.807, 2.05) is 0 Å². The van der Waals surface area contributed by atoms with Crippen LogP contribution >= 0.6 is 0 Å². The van der Waals surface area contributed by atoms with Crippen LogP contribution in [0.2, 0.25) is 0 Å². The molecule has 3 N–H and O–H groups in total. The minimum atomic E-state index is -3.70. The number of aliphatic carboxylic acids is 1. The Hall–Kier alpha value is -2.13. The van der Waals surface area contributed by atoms with E-state index in [9.17, 15) is 18.0 Å². The van der Waals surface area contributed by atoms with Gasteiger partial charge in [0.1, 0.15) is 16.6 Å². The number of hydrogen-bond donors (Lipinski definition) is 3. The number of nitrogens with one attached hydrogen (secondary N) is 2. The molecular formula is C15H19N3O5S. The van der Waals surface area contributed by atoms with Crippen molar-refractivity contribution in [3.63, 3.8) is 0 Å². The zero-order valence-electron chi connectivity index (χ0n) is 13.2. The van der Waals surface area contributed by atoms with Crippen LogP contribution < -0.4 is 10.0 Å². The van der Waals surface area contributed by atoms with Crippen molar-refractivity contribution < 1.29 is 23.1 Å². The minimum Gasteiger partial charge on any atom is -0.480 e. The highest BCUT2D eigenvalue weighted by molar-refractivity contribution is 7.89. The Labute approximate surface area is 139 Å². The smallest absolute Gasteiger partial charge is 0.326 e. The molecule has 130 valence electrons. The highest BCUT2D eigenvalue weighted by Crippen LogP contribution is 2.35. The predicted octanol–water partition coefficient (Wildman–Crippen LogP) is 0.572. The van der Waals surface area contributed by atoms with Crippen molar-refractivity contribution in [1.29, 1.82) is 0 Å². The van der Waals surface area contributed by atoms with Crippen LogP contribution in [0.4, 0.5) is 5.69 Å². The maximum absolute atomic E-state index is 12.5. The van der Waals surface area contributed by atoms with Crippen molar-refractivity contribution in [1.82, 2.24) is 9.62 Å². The molecule has 2 aliphatic heterocycles. The number of carboxylic acid groups (broad SMARTS) is 1. The predicted molar refractivity (Wildman–Crippen MR) is 85.8 cm³/mol. The fraction of sp³-hybridized carbons (Fsp3) is 0.467. The number of benzene rings is 1. The fourth-order valence-electron chi connectivity index (χ4n) is 3.19. The van der Waals surface area contributed by atoms with Gasteiger partial charge in [-0.15, -0.1) is 0 Å². The van der Waals surface area contributed by atoms with Crippen LogP contribution in [-0.4, -0.2) is 48.6 Å². The molecule has 24 heavy (non-hydrogen) atoms. The average molecular weight is 353 g/mol. The summed E-state index contributed by atoms with van der Waals surface area (Å²) in [5, 5.41) is 12.3. The lowest BCUT2D eigenvalue weighted by molar-refractivity contribution is -0.149. The van der Waals surface area contributed by atoms with Gasteiger partial charge in [-0.1, -0.05) is 12.1 Å². The number of carboxylic acids is 1. The molecule has 0 aromatic heterocycles. The lowest BCUT2D eigenvalue weighted by Crippen LogP contribution is -2.57. The van der Waals surface area contributed by atoms with Crippen molar-refractivity contribution >= 4 is 27.6 Å². The fourth-order valence-corrected chi connectivity index (χ4v) is 4.74. The number of rotatable bonds is 2. The molecule has 9 heteroatoms. The molecule has 0 bridgehead atoms. The molecule has 0 aliphatic carbocycles. The molecule has 1 spiro atoms. The maximum atomic E-state index is 12.5. The summed E-state index contributed by atoms with van der Waals surface area (Å²) in [5.74, 6) is -1.37. The zero-order valence-corrected chi connectivity index (χ0v) is 14.0. The van der Waals surface area contributed by atoms with Gasteiger partial charge in [-0.3, -0.25) is 4.79 Å². The van der Waals surface area contributed by atoms with Crippen molar-refractivity contribution in [2.75, 3.05) is 11.9 Å². The topological polar surface area (TPSA) is 116 Å². The first-order valence-electron chi connectivity index (χ1n) is 7.68. The standard InChI is InChI=1S/C15H19N3O5S/c1-10(14(20)21)18-9-8-15(7-6-13(18)19)16-11-4-2-3-5-12(11)24(22,23)17-15/h2-5,10,16-17H,6-9H2,1H3,(H,20,21). The van der Waals surface area contributed by atoms with E-state index in [0.717, 1.165) is 0 Å². The molecule has 3 rings (SSSR count). The quantitative estimate of drug-likeness (QED) is 0.716. The largest absolute Gasteiger partial charge is 0.480 e. The summed E-state index contributed by atoms with van der Waals surface area (Å²) < 4.78 is 27.7. The van der Waals surface area contributed by atoms with Gasteiger partial charge in [-0.05, 0) is 25.5 Å². The Morgan fingerprint density at radius 3 is 2.75 bits per heavy atom. The first-order valence-corrected chi connectivity index (χ1v) is 9.16. The first kappa shape index (κ1) is 16.7. The highest BCUT2D eigenvalue weighted by Gasteiger charge is 2.44. The number of amides is 1. The second kappa shape index (κ2) is 5.75. The molecule has 0 radical (unpaired) electrons. The van der Waals surface area contributed by atoms with Crippen LogP contribution in [0.1, 0.15) is 26.2 Å². The molecule has 1 fully saturated rings. The molecule has 2 unspecified atom stereocenters. The van der Waals surface area contributed by atoms with Crippen LogP contribution in [0.5, 0.6) is 0 Å². The van der Waals surface area contributed by atoms with Gasteiger partial charge in [0.2, 0.25) is 15.9 Å². The normalized spacial score (nSPS) is 27.0. The Bertz CT molecular complexity index is 794. The second-order valence-corrected chi connectivity index (χ2v) is 7.81. The molecule has 2 aliphatic rings. The van der Waals surface area contributed by atoms with Gasteiger partial charge in [-0.2, -0.15) is 4.72 Å². The summed E-state index contributed by atoms with van der Waals surface area (Å²) in [4.78, 5) is 24.9. The average Bonchev–Trinajstić information content (AvgIpc) is 2.66. The SMILES string of the molecule is CC(C(=O)O)N1CCC2(CCC1=O)Nc1ccccc1S(=O)(=O)N2. The highest BCUT2D eigenvalue weighted by atomic mass is 32.2. The molecule has 2 atom stereocenters. The summed E-state index contributed by atoms with van der Waals surface area (Å²) in [7, 11) is -3.70. The van der Waals surface area contributed by atoms with Crippen molar-refractivity contribution in [3.05, 3.63) is 24.3 Å². The molecule has 1 amide bonds. The van der Waals surface area contributed by atoms with Crippen LogP contribution in [0.25, 0.3) is 0 Å². The van der Waals surface area contributed by atoms with Gasteiger partial charge in [0.25, 0.3) is 0 Å². The molecule has 8 nitrogen and oxygen atoms in total. The van der Waals surface area contributed by atoms with Crippen molar-refractivity contribution in [3.8, 4) is 0 Å². The van der Waals surface area contributed by atoms with E-state index in [1.54, 1.807) is 18.2 Å². The molecule has 1 saturated heterocycles. The Kier molecular flexibility index (Phi) is 4.00. The van der Waals surface area contributed by atoms with Crippen LogP contribution in [0.15, 0.2) is 29.2 Å². The van der Waals surface area contributed by atoms with Crippen molar-refractivity contribution in [2.45, 2.75) is 42.8 Å². The number of hydrogen-bond acceptors (Lipinski definition) is 5. The summed E-state index contributed by atoms with van der Waals surface area (Å²) in [6.45, 7) is 1.61. The third kappa shape index (κ3) is 2.84. The second-order valence-electron chi connectivity index (χ2n) is 6.16. The zero-order chi connectivity index (χ0) is 17.5. The number of nitrogens with zero attached hydrogens (tertiary/aromatic N) is 1. The third-order valence-corrected chi connectivity index (χ3v) is 6.17. The van der Waals surface area contributed by atoms with E-state index in [2.05, 4.69) is 10.0 Å². The summed E-state index contributed by atoms with van der Waals surface area (Å²) in [5.41, 5.74) is -0.501. The number of anilines is 1. The van der Waals surface area contributed by atoms with E-state index in [-0.39, 0.29) is 36.6 Å². The van der Waals surface area contributed by atoms with Crippen LogP contribution in [-0.2, 0) is 19.6 Å². The van der Waals surface area contributed by atoms with Gasteiger partial charge in [-0.25, -0.2) is 13.2 Å². The molecule has 1 aromatic rings. The minimum absolute atomic E-state index is 0.0648. The van der Waals surface area contributed by atoms with Gasteiger partial charge in [0.15, 0.2) is 0 Å². The van der Waals surface area contributed by atoms with Gasteiger partial charge in [0.05, 0.1) is 5.69 Å². The van der Waals surface area contributed by atoms with Gasteiger partial charge >= 0.3 is 5.97 Å². The monoisotopic (exact) mass is 353 g/mol. The maximum Gasteiger partial charge on any atom is 0.326 e. The Balaban J connectivity index is 1.91. The number of likely N-dealkylation sites (tertiary alicyclic amines) is 1. The Morgan fingerprint density at radius 1 is 1.33 bits per heavy atom. The first-order chi connectivity index (χ1) is 11.2. The number of sulfonamides is 1. The Morgan fingerprint density at radius 2 is 2.04 bits per heavy atom. The molecular weight excluding hydrogens is 334 g/mol. The number of para-hydroxylation sites is 1. The van der Waals surface area contributed by atoms with Gasteiger partial charge < -0.3 is 15.3 Å². The lowest BCUT2D eigenvalue weighted by atomic mass is 10.0. The summed E-state index contributed by atoms with van der Waals surface area (Å²) in [6, 6.07) is 5.63. The lowest BCUT2D eigenvalue weighted by Gasteiger charge is -2.39. The third-order valence-electron chi connectivity index (χ3n) is 4.57. The number of fused-ring (bicyclic) bond motifs is 1. The number of carbonyl (C=O) groups excluding carboxylic acids is 1. The van der Waals surface area contributed by atoms with Crippen molar-refractivity contribution in [2.24, 2.45) is 0 Å². The summed E-state index contributed by atoms with van der Waals surface area (Å²) in [6.07, 6.45) is 0.599. The van der Waals surface area contributed by atoms with E-state index < -0.39 is 27.7 Å².